The quantitative estimate of drug-likeness (QED) is 0.846. The van der Waals surface area contributed by atoms with Crippen LogP contribution in [0.5, 0.6) is 0 Å². The summed E-state index contributed by atoms with van der Waals surface area (Å²) in [6, 6.07) is 10.1. The summed E-state index contributed by atoms with van der Waals surface area (Å²) in [6.45, 7) is 1.78. The Hall–Kier alpha value is -2.29. The second-order valence-corrected chi connectivity index (χ2v) is 8.05. The van der Waals surface area contributed by atoms with E-state index in [4.69, 9.17) is 5.14 Å². The first kappa shape index (κ1) is 18.5. The molecule has 0 bridgehead atoms. The zero-order valence-electron chi connectivity index (χ0n) is 14.3. The lowest BCUT2D eigenvalue weighted by molar-refractivity contribution is 0.0938. The summed E-state index contributed by atoms with van der Waals surface area (Å²) in [6.07, 6.45) is 0.919. The number of nitrogens with zero attached hydrogens (tertiary/aromatic N) is 1. The fraction of sp³-hybridized carbons (Fsp3) is 0.278. The van der Waals surface area contributed by atoms with Gasteiger partial charge in [0.25, 0.3) is 5.91 Å². The Balaban J connectivity index is 1.76. The van der Waals surface area contributed by atoms with E-state index in [2.05, 4.69) is 10.2 Å². The van der Waals surface area contributed by atoms with Crippen molar-refractivity contribution < 1.29 is 17.6 Å². The van der Waals surface area contributed by atoms with Crippen LogP contribution in [-0.2, 0) is 10.0 Å². The average molecular weight is 377 g/mol. The molecule has 1 fully saturated rings. The molecule has 1 heterocycles. The highest BCUT2D eigenvalue weighted by atomic mass is 32.2. The number of carbonyl (C=O) groups excluding carboxylic acids is 1. The second-order valence-electron chi connectivity index (χ2n) is 6.49. The molecule has 1 aliphatic rings. The largest absolute Gasteiger partial charge is 0.348 e. The number of amides is 1. The summed E-state index contributed by atoms with van der Waals surface area (Å²) < 4.78 is 36.8. The third-order valence-electron chi connectivity index (χ3n) is 4.45. The standard InChI is InChI=1S/C18H20FN3O3S/c1-22-9-8-14(11-22)21-18(23)13-4-2-12(3-5-13)16-7-6-15(10-17(16)19)26(20,24)25/h2-7,10,14H,8-9,11H2,1H3,(H,21,23)(H2,20,24,25)/t14-/m0/s1. The van der Waals surface area contributed by atoms with Crippen molar-refractivity contribution in [2.75, 3.05) is 20.1 Å². The number of halogens is 1. The van der Waals surface area contributed by atoms with E-state index in [0.717, 1.165) is 25.6 Å². The number of carbonyl (C=O) groups is 1. The Bertz CT molecular complexity index is 929. The van der Waals surface area contributed by atoms with Crippen molar-refractivity contribution in [3.63, 3.8) is 0 Å². The molecule has 1 atom stereocenters. The van der Waals surface area contributed by atoms with E-state index in [9.17, 15) is 17.6 Å². The predicted octanol–water partition coefficient (Wildman–Crippen LogP) is 1.57. The van der Waals surface area contributed by atoms with Crippen molar-refractivity contribution in [3.8, 4) is 11.1 Å². The second kappa shape index (κ2) is 7.14. The van der Waals surface area contributed by atoms with Gasteiger partial charge in [-0.15, -0.1) is 0 Å². The van der Waals surface area contributed by atoms with Crippen molar-refractivity contribution >= 4 is 15.9 Å². The molecule has 0 aliphatic carbocycles. The molecule has 3 rings (SSSR count). The van der Waals surface area contributed by atoms with E-state index in [1.807, 2.05) is 7.05 Å². The van der Waals surface area contributed by atoms with Crippen molar-refractivity contribution in [1.29, 1.82) is 0 Å². The minimum atomic E-state index is -3.95. The number of nitrogens with two attached hydrogens (primary N) is 1. The number of primary sulfonamides is 1. The highest BCUT2D eigenvalue weighted by molar-refractivity contribution is 7.89. The fourth-order valence-electron chi connectivity index (χ4n) is 3.03. The Kier molecular flexibility index (Phi) is 5.08. The first-order valence-corrected chi connectivity index (χ1v) is 9.71. The van der Waals surface area contributed by atoms with Gasteiger partial charge in [-0.05, 0) is 49.8 Å². The maximum Gasteiger partial charge on any atom is 0.251 e. The zero-order valence-corrected chi connectivity index (χ0v) is 15.1. The summed E-state index contributed by atoms with van der Waals surface area (Å²) in [5.74, 6) is -0.857. The Morgan fingerprint density at radius 3 is 2.46 bits per heavy atom. The molecule has 0 radical (unpaired) electrons. The molecule has 6 nitrogen and oxygen atoms in total. The molecule has 2 aromatic rings. The van der Waals surface area contributed by atoms with Crippen LogP contribution < -0.4 is 10.5 Å². The maximum atomic E-state index is 14.2. The maximum absolute atomic E-state index is 14.2. The van der Waals surface area contributed by atoms with Crippen molar-refractivity contribution in [3.05, 3.63) is 53.8 Å². The van der Waals surface area contributed by atoms with E-state index in [1.54, 1.807) is 24.3 Å². The molecule has 0 saturated carbocycles. The van der Waals surface area contributed by atoms with Crippen LogP contribution in [0.4, 0.5) is 4.39 Å². The Morgan fingerprint density at radius 2 is 1.92 bits per heavy atom. The number of likely N-dealkylation sites (N-methyl/N-ethyl adjacent to an activating group) is 1. The lowest BCUT2D eigenvalue weighted by Crippen LogP contribution is -2.36. The van der Waals surface area contributed by atoms with Crippen LogP contribution in [0.1, 0.15) is 16.8 Å². The van der Waals surface area contributed by atoms with Crippen LogP contribution in [0.3, 0.4) is 0 Å². The van der Waals surface area contributed by atoms with E-state index >= 15 is 0 Å². The molecule has 0 unspecified atom stereocenters. The number of hydrogen-bond acceptors (Lipinski definition) is 4. The van der Waals surface area contributed by atoms with Crippen molar-refractivity contribution in [2.24, 2.45) is 5.14 Å². The molecule has 3 N–H and O–H groups in total. The number of benzene rings is 2. The molecule has 1 amide bonds. The van der Waals surface area contributed by atoms with Crippen molar-refractivity contribution in [1.82, 2.24) is 10.2 Å². The van der Waals surface area contributed by atoms with Crippen LogP contribution in [0, 0.1) is 5.82 Å². The van der Waals surface area contributed by atoms with E-state index in [0.29, 0.717) is 11.1 Å². The predicted molar refractivity (Wildman–Crippen MR) is 96.6 cm³/mol. The van der Waals surface area contributed by atoms with Crippen LogP contribution in [0.2, 0.25) is 0 Å². The number of nitrogens with one attached hydrogen (secondary N) is 1. The summed E-state index contributed by atoms with van der Waals surface area (Å²) >= 11 is 0. The average Bonchev–Trinajstić information content (AvgIpc) is 2.99. The molecule has 138 valence electrons. The first-order valence-electron chi connectivity index (χ1n) is 8.16. The van der Waals surface area contributed by atoms with Gasteiger partial charge >= 0.3 is 0 Å². The third-order valence-corrected chi connectivity index (χ3v) is 5.36. The fourth-order valence-corrected chi connectivity index (χ4v) is 3.56. The zero-order chi connectivity index (χ0) is 18.9. The molecule has 26 heavy (non-hydrogen) atoms. The van der Waals surface area contributed by atoms with Gasteiger partial charge in [0, 0.05) is 23.7 Å². The summed E-state index contributed by atoms with van der Waals surface area (Å²) in [7, 11) is -1.94. The molecule has 0 aromatic heterocycles. The molecule has 2 aromatic carbocycles. The van der Waals surface area contributed by atoms with Crippen LogP contribution in [0.25, 0.3) is 11.1 Å². The van der Waals surface area contributed by atoms with Gasteiger partial charge in [-0.2, -0.15) is 0 Å². The molecule has 8 heteroatoms. The normalized spacial score (nSPS) is 18.0. The lowest BCUT2D eigenvalue weighted by atomic mass is 10.0. The van der Waals surface area contributed by atoms with Gasteiger partial charge < -0.3 is 10.2 Å². The first-order chi connectivity index (χ1) is 12.2. The van der Waals surface area contributed by atoms with Gasteiger partial charge in [0.15, 0.2) is 0 Å². The monoisotopic (exact) mass is 377 g/mol. The molecular weight excluding hydrogens is 357 g/mol. The third kappa shape index (κ3) is 4.09. The van der Waals surface area contributed by atoms with Gasteiger partial charge in [-0.1, -0.05) is 18.2 Å². The van der Waals surface area contributed by atoms with Gasteiger partial charge in [0.1, 0.15) is 5.82 Å². The summed E-state index contributed by atoms with van der Waals surface area (Å²) in [5, 5.41) is 7.99. The number of hydrogen-bond donors (Lipinski definition) is 2. The topological polar surface area (TPSA) is 92.5 Å². The summed E-state index contributed by atoms with van der Waals surface area (Å²) in [5.41, 5.74) is 1.27. The SMILES string of the molecule is CN1CC[C@H](NC(=O)c2ccc(-c3ccc(S(N)(=O)=O)cc3F)cc2)C1. The Morgan fingerprint density at radius 1 is 1.23 bits per heavy atom. The smallest absolute Gasteiger partial charge is 0.251 e. The van der Waals surface area contributed by atoms with Crippen LogP contribution >= 0.6 is 0 Å². The molecule has 1 saturated heterocycles. The van der Waals surface area contributed by atoms with Gasteiger partial charge in [-0.3, -0.25) is 4.79 Å². The van der Waals surface area contributed by atoms with E-state index in [-0.39, 0.29) is 22.4 Å². The lowest BCUT2D eigenvalue weighted by Gasteiger charge is -2.13. The van der Waals surface area contributed by atoms with Crippen molar-refractivity contribution in [2.45, 2.75) is 17.4 Å². The van der Waals surface area contributed by atoms with Crippen LogP contribution in [0.15, 0.2) is 47.4 Å². The highest BCUT2D eigenvalue weighted by Crippen LogP contribution is 2.25. The minimum absolute atomic E-state index is 0.135. The van der Waals surface area contributed by atoms with Gasteiger partial charge in [0.2, 0.25) is 10.0 Å². The van der Waals surface area contributed by atoms with E-state index < -0.39 is 15.8 Å². The summed E-state index contributed by atoms with van der Waals surface area (Å²) in [4.78, 5) is 14.2. The number of rotatable bonds is 4. The van der Waals surface area contributed by atoms with Gasteiger partial charge in [-0.25, -0.2) is 17.9 Å². The highest BCUT2D eigenvalue weighted by Gasteiger charge is 2.21. The molecule has 1 aliphatic heterocycles. The van der Waals surface area contributed by atoms with E-state index in [1.165, 1.54) is 12.1 Å². The van der Waals surface area contributed by atoms with Gasteiger partial charge in [0.05, 0.1) is 4.90 Å². The number of likely N-dealkylation sites (tertiary alicyclic amines) is 1. The number of sulfonamides is 1. The molecular formula is C18H20FN3O3S. The minimum Gasteiger partial charge on any atom is -0.348 e. The molecule has 0 spiro atoms. The van der Waals surface area contributed by atoms with Crippen LogP contribution in [-0.4, -0.2) is 45.4 Å². The Labute approximate surface area is 151 Å².